The molecule has 0 aliphatic carbocycles. The summed E-state index contributed by atoms with van der Waals surface area (Å²) in [6.07, 6.45) is 2.00. The van der Waals surface area contributed by atoms with Gasteiger partial charge in [-0.05, 0) is 31.0 Å². The van der Waals surface area contributed by atoms with Gasteiger partial charge in [0.1, 0.15) is 5.75 Å². The Morgan fingerprint density at radius 2 is 2.04 bits per heavy atom. The maximum atomic E-state index is 12.3. The molecule has 0 atom stereocenters. The molecule has 1 saturated heterocycles. The first-order valence-electron chi connectivity index (χ1n) is 7.80. The van der Waals surface area contributed by atoms with Gasteiger partial charge in [0.2, 0.25) is 5.82 Å². The van der Waals surface area contributed by atoms with E-state index in [1.165, 1.54) is 0 Å². The van der Waals surface area contributed by atoms with Crippen molar-refractivity contribution in [2.24, 2.45) is 0 Å². The van der Waals surface area contributed by atoms with Gasteiger partial charge in [0.05, 0.1) is 5.69 Å². The molecule has 8 heteroatoms. The molecule has 8 nitrogen and oxygen atoms in total. The number of hydrogen-bond acceptors (Lipinski definition) is 6. The molecular weight excluding hydrogens is 312 g/mol. The number of benzene rings is 1. The van der Waals surface area contributed by atoms with Crippen LogP contribution in [0.3, 0.4) is 0 Å². The Hall–Kier alpha value is -2.90. The number of nitrogens with zero attached hydrogens (tertiary/aromatic N) is 4. The number of likely N-dealkylation sites (tertiary alicyclic amines) is 1. The summed E-state index contributed by atoms with van der Waals surface area (Å²) < 4.78 is 10.6. The summed E-state index contributed by atoms with van der Waals surface area (Å²) in [6.45, 7) is 1.45. The van der Waals surface area contributed by atoms with Crippen molar-refractivity contribution in [3.05, 3.63) is 24.1 Å². The normalized spacial score (nSPS) is 17.0. The van der Waals surface area contributed by atoms with Crippen LogP contribution in [0.2, 0.25) is 0 Å². The summed E-state index contributed by atoms with van der Waals surface area (Å²) >= 11 is 0. The van der Waals surface area contributed by atoms with E-state index in [0.717, 1.165) is 25.9 Å². The minimum atomic E-state index is -0.231. The van der Waals surface area contributed by atoms with Crippen molar-refractivity contribution >= 4 is 17.5 Å². The molecule has 0 saturated carbocycles. The fourth-order valence-electron chi connectivity index (χ4n) is 2.90. The van der Waals surface area contributed by atoms with Crippen molar-refractivity contribution in [3.8, 4) is 17.1 Å². The van der Waals surface area contributed by atoms with Crippen molar-refractivity contribution in [2.75, 3.05) is 31.6 Å². The molecule has 3 heterocycles. The zero-order chi connectivity index (χ0) is 16.7. The van der Waals surface area contributed by atoms with Gasteiger partial charge in [-0.15, -0.1) is 0 Å². The van der Waals surface area contributed by atoms with E-state index in [9.17, 15) is 9.59 Å². The van der Waals surface area contributed by atoms with Gasteiger partial charge in [0.25, 0.3) is 5.91 Å². The quantitative estimate of drug-likeness (QED) is 0.826. The van der Waals surface area contributed by atoms with Gasteiger partial charge >= 0.3 is 11.8 Å². The summed E-state index contributed by atoms with van der Waals surface area (Å²) in [7, 11) is 1.70. The third-order valence-corrected chi connectivity index (χ3v) is 4.31. The number of fused-ring (bicyclic) bond motifs is 1. The minimum absolute atomic E-state index is 0.00200. The minimum Gasteiger partial charge on any atom is -0.482 e. The predicted molar refractivity (Wildman–Crippen MR) is 83.8 cm³/mol. The average Bonchev–Trinajstić information content (AvgIpc) is 3.29. The molecule has 4 rings (SSSR count). The van der Waals surface area contributed by atoms with Gasteiger partial charge in [0.15, 0.2) is 6.61 Å². The number of carbonyl (C=O) groups is 2. The molecular formula is C16H16N4O4. The molecule has 24 heavy (non-hydrogen) atoms. The molecule has 2 aromatic rings. The first-order valence-corrected chi connectivity index (χ1v) is 7.80. The first kappa shape index (κ1) is 14.7. The Morgan fingerprint density at radius 1 is 1.25 bits per heavy atom. The lowest BCUT2D eigenvalue weighted by Gasteiger charge is -2.25. The molecule has 2 aliphatic rings. The van der Waals surface area contributed by atoms with Gasteiger partial charge in [0, 0.05) is 25.7 Å². The number of hydrogen-bond donors (Lipinski definition) is 0. The average molecular weight is 328 g/mol. The second kappa shape index (κ2) is 5.63. The summed E-state index contributed by atoms with van der Waals surface area (Å²) in [5.74, 6) is 0.562. The maximum Gasteiger partial charge on any atom is 0.316 e. The number of rotatable bonds is 2. The number of carbonyl (C=O) groups excluding carboxylic acids is 2. The van der Waals surface area contributed by atoms with Crippen LogP contribution in [0.15, 0.2) is 22.7 Å². The Morgan fingerprint density at radius 3 is 2.83 bits per heavy atom. The Labute approximate surface area is 138 Å². The summed E-state index contributed by atoms with van der Waals surface area (Å²) in [4.78, 5) is 31.4. The Balaban J connectivity index is 1.61. The number of likely N-dealkylation sites (N-methyl/N-ethyl adjacent to an activating group) is 1. The Bertz CT molecular complexity index is 810. The van der Waals surface area contributed by atoms with Gasteiger partial charge in [-0.2, -0.15) is 4.98 Å². The van der Waals surface area contributed by atoms with Crippen LogP contribution in [0.1, 0.15) is 23.5 Å². The molecule has 0 bridgehead atoms. The zero-order valence-electron chi connectivity index (χ0n) is 13.2. The van der Waals surface area contributed by atoms with Crippen LogP contribution < -0.4 is 9.64 Å². The second-order valence-corrected chi connectivity index (χ2v) is 5.85. The standard InChI is InChI=1S/C16H16N4O4/c1-19-11-5-4-10(8-12(11)23-9-13(19)21)14-17-15(24-18-14)16(22)20-6-2-3-7-20/h4-5,8H,2-3,6-7,9H2,1H3. The van der Waals surface area contributed by atoms with E-state index in [2.05, 4.69) is 10.1 Å². The van der Waals surface area contributed by atoms with Crippen molar-refractivity contribution < 1.29 is 18.8 Å². The summed E-state index contributed by atoms with van der Waals surface area (Å²) in [5, 5.41) is 3.89. The highest BCUT2D eigenvalue weighted by Crippen LogP contribution is 2.34. The van der Waals surface area contributed by atoms with Gasteiger partial charge < -0.3 is 19.1 Å². The van der Waals surface area contributed by atoms with Crippen LogP contribution in [0.4, 0.5) is 5.69 Å². The fourth-order valence-corrected chi connectivity index (χ4v) is 2.90. The fraction of sp³-hybridized carbons (Fsp3) is 0.375. The topological polar surface area (TPSA) is 88.8 Å². The number of aromatic nitrogens is 2. The van der Waals surface area contributed by atoms with Crippen molar-refractivity contribution in [3.63, 3.8) is 0 Å². The first-order chi connectivity index (χ1) is 11.6. The highest BCUT2D eigenvalue weighted by atomic mass is 16.5. The van der Waals surface area contributed by atoms with Gasteiger partial charge in [-0.1, -0.05) is 5.16 Å². The van der Waals surface area contributed by atoms with Gasteiger partial charge in [-0.25, -0.2) is 0 Å². The summed E-state index contributed by atoms with van der Waals surface area (Å²) in [5.41, 5.74) is 1.35. The molecule has 1 aromatic heterocycles. The van der Waals surface area contributed by atoms with E-state index in [4.69, 9.17) is 9.26 Å². The van der Waals surface area contributed by atoms with Gasteiger partial charge in [-0.3, -0.25) is 9.59 Å². The molecule has 0 N–H and O–H groups in total. The molecule has 2 aliphatic heterocycles. The molecule has 1 aromatic carbocycles. The molecule has 0 radical (unpaired) electrons. The lowest BCUT2D eigenvalue weighted by molar-refractivity contribution is -0.120. The van der Waals surface area contributed by atoms with E-state index in [1.807, 2.05) is 0 Å². The third-order valence-electron chi connectivity index (χ3n) is 4.31. The lowest BCUT2D eigenvalue weighted by Crippen LogP contribution is -2.35. The predicted octanol–water partition coefficient (Wildman–Crippen LogP) is 1.33. The van der Waals surface area contributed by atoms with Crippen LogP contribution in [0.5, 0.6) is 5.75 Å². The van der Waals surface area contributed by atoms with Crippen molar-refractivity contribution in [1.82, 2.24) is 15.0 Å². The molecule has 2 amide bonds. The molecule has 1 fully saturated rings. The monoisotopic (exact) mass is 328 g/mol. The van der Waals surface area contributed by atoms with Crippen LogP contribution in [-0.4, -0.2) is 53.6 Å². The van der Waals surface area contributed by atoms with E-state index in [1.54, 1.807) is 35.0 Å². The van der Waals surface area contributed by atoms with E-state index >= 15 is 0 Å². The highest BCUT2D eigenvalue weighted by molar-refractivity contribution is 5.97. The third kappa shape index (κ3) is 2.40. The van der Waals surface area contributed by atoms with Crippen molar-refractivity contribution in [1.29, 1.82) is 0 Å². The van der Waals surface area contributed by atoms with E-state index in [-0.39, 0.29) is 24.3 Å². The SMILES string of the molecule is CN1C(=O)COc2cc(-c3noc(C(=O)N4CCCC4)n3)ccc21. The smallest absolute Gasteiger partial charge is 0.316 e. The van der Waals surface area contributed by atoms with Crippen LogP contribution in [-0.2, 0) is 4.79 Å². The molecule has 124 valence electrons. The molecule has 0 spiro atoms. The largest absolute Gasteiger partial charge is 0.482 e. The number of amides is 2. The number of anilines is 1. The lowest BCUT2D eigenvalue weighted by atomic mass is 10.1. The zero-order valence-corrected chi connectivity index (χ0v) is 13.2. The summed E-state index contributed by atoms with van der Waals surface area (Å²) in [6, 6.07) is 5.28. The second-order valence-electron chi connectivity index (χ2n) is 5.85. The van der Waals surface area contributed by atoms with Crippen LogP contribution in [0.25, 0.3) is 11.4 Å². The molecule has 0 unspecified atom stereocenters. The highest BCUT2D eigenvalue weighted by Gasteiger charge is 2.26. The maximum absolute atomic E-state index is 12.3. The van der Waals surface area contributed by atoms with Crippen LogP contribution >= 0.6 is 0 Å². The van der Waals surface area contributed by atoms with E-state index < -0.39 is 0 Å². The van der Waals surface area contributed by atoms with Crippen molar-refractivity contribution in [2.45, 2.75) is 12.8 Å². The van der Waals surface area contributed by atoms with E-state index in [0.29, 0.717) is 22.8 Å². The Kier molecular flexibility index (Phi) is 3.44. The number of ether oxygens (including phenoxy) is 1. The van der Waals surface area contributed by atoms with Crippen LogP contribution in [0, 0.1) is 0 Å².